The lowest BCUT2D eigenvalue weighted by atomic mass is 10.1. The van der Waals surface area contributed by atoms with Gasteiger partial charge in [0.1, 0.15) is 22.3 Å². The van der Waals surface area contributed by atoms with Gasteiger partial charge in [-0.05, 0) is 46.6 Å². The third-order valence-electron chi connectivity index (χ3n) is 2.60. The molecular formula is C14H10BrClFNOS. The highest BCUT2D eigenvalue weighted by molar-refractivity contribution is 9.10. The van der Waals surface area contributed by atoms with Gasteiger partial charge in [0.05, 0.1) is 15.1 Å². The minimum atomic E-state index is -0.561. The molecule has 0 aromatic heterocycles. The first kappa shape index (κ1) is 15.2. The van der Waals surface area contributed by atoms with E-state index >= 15 is 0 Å². The molecule has 104 valence electrons. The Balaban J connectivity index is 2.47. The van der Waals surface area contributed by atoms with Crippen LogP contribution in [0.5, 0.6) is 11.5 Å². The van der Waals surface area contributed by atoms with Crippen molar-refractivity contribution >= 4 is 44.7 Å². The Labute approximate surface area is 134 Å². The summed E-state index contributed by atoms with van der Waals surface area (Å²) in [6, 6.07) is 8.07. The smallest absolute Gasteiger partial charge is 0.145 e. The summed E-state index contributed by atoms with van der Waals surface area (Å²) in [4.78, 5) is 0.213. The van der Waals surface area contributed by atoms with Gasteiger partial charge >= 0.3 is 0 Å². The summed E-state index contributed by atoms with van der Waals surface area (Å²) in [5, 5.41) is 0.0167. The summed E-state index contributed by atoms with van der Waals surface area (Å²) in [5.74, 6) is 0.212. The molecule has 0 aliphatic rings. The Hall–Kier alpha value is -1.17. The minimum absolute atomic E-state index is 0.0167. The Kier molecular flexibility index (Phi) is 4.62. The number of thiocarbonyl (C=S) groups is 1. The van der Waals surface area contributed by atoms with Gasteiger partial charge < -0.3 is 10.5 Å². The van der Waals surface area contributed by atoms with Crippen molar-refractivity contribution in [1.82, 2.24) is 0 Å². The second-order valence-electron chi connectivity index (χ2n) is 4.16. The van der Waals surface area contributed by atoms with Crippen molar-refractivity contribution in [3.05, 3.63) is 56.8 Å². The highest BCUT2D eigenvalue weighted by Crippen LogP contribution is 2.35. The lowest BCUT2D eigenvalue weighted by Crippen LogP contribution is -2.10. The van der Waals surface area contributed by atoms with Crippen molar-refractivity contribution in [3.8, 4) is 11.5 Å². The van der Waals surface area contributed by atoms with Gasteiger partial charge in [0.25, 0.3) is 0 Å². The van der Waals surface area contributed by atoms with Crippen LogP contribution in [0.3, 0.4) is 0 Å². The minimum Gasteiger partial charge on any atom is -0.455 e. The second-order valence-corrected chi connectivity index (χ2v) is 5.86. The van der Waals surface area contributed by atoms with Crippen LogP contribution in [0.25, 0.3) is 0 Å². The van der Waals surface area contributed by atoms with Gasteiger partial charge in [0.15, 0.2) is 0 Å². The molecule has 6 heteroatoms. The molecule has 0 spiro atoms. The molecule has 0 atom stereocenters. The number of rotatable bonds is 3. The van der Waals surface area contributed by atoms with Crippen LogP contribution in [0.15, 0.2) is 34.8 Å². The van der Waals surface area contributed by atoms with Gasteiger partial charge in [-0.3, -0.25) is 0 Å². The fraction of sp³-hybridized carbons (Fsp3) is 0.0714. The van der Waals surface area contributed by atoms with Crippen LogP contribution >= 0.6 is 39.7 Å². The molecule has 2 rings (SSSR count). The highest BCUT2D eigenvalue weighted by Gasteiger charge is 2.12. The summed E-state index contributed by atoms with van der Waals surface area (Å²) >= 11 is 14.0. The molecule has 2 N–H and O–H groups in total. The quantitative estimate of drug-likeness (QED) is 0.608. The summed E-state index contributed by atoms with van der Waals surface area (Å²) in [6.45, 7) is 1.91. The molecular weight excluding hydrogens is 365 g/mol. The van der Waals surface area contributed by atoms with Crippen LogP contribution in [0.4, 0.5) is 4.39 Å². The van der Waals surface area contributed by atoms with Crippen molar-refractivity contribution in [2.45, 2.75) is 6.92 Å². The lowest BCUT2D eigenvalue weighted by Gasteiger charge is -2.13. The van der Waals surface area contributed by atoms with Crippen LogP contribution in [-0.4, -0.2) is 4.99 Å². The largest absolute Gasteiger partial charge is 0.455 e. The topological polar surface area (TPSA) is 35.2 Å². The molecule has 0 radical (unpaired) electrons. The Morgan fingerprint density at radius 1 is 1.30 bits per heavy atom. The van der Waals surface area contributed by atoms with E-state index < -0.39 is 5.82 Å². The number of benzene rings is 2. The molecule has 0 amide bonds. The molecule has 0 aliphatic heterocycles. The van der Waals surface area contributed by atoms with E-state index in [1.807, 2.05) is 13.0 Å². The predicted octanol–water partition coefficient (Wildman–Crippen LogP) is 4.98. The molecule has 2 aromatic rings. The van der Waals surface area contributed by atoms with E-state index in [1.165, 1.54) is 12.1 Å². The first-order valence-corrected chi connectivity index (χ1v) is 7.19. The summed E-state index contributed by atoms with van der Waals surface area (Å²) in [5.41, 5.74) is 7.22. The molecule has 0 bridgehead atoms. The number of hydrogen-bond acceptors (Lipinski definition) is 2. The zero-order valence-electron chi connectivity index (χ0n) is 10.4. The van der Waals surface area contributed by atoms with Crippen molar-refractivity contribution in [2.24, 2.45) is 5.73 Å². The third kappa shape index (κ3) is 3.29. The zero-order chi connectivity index (χ0) is 14.9. The molecule has 0 fully saturated rings. The van der Waals surface area contributed by atoms with Gasteiger partial charge in [-0.15, -0.1) is 0 Å². The van der Waals surface area contributed by atoms with Crippen LogP contribution < -0.4 is 10.5 Å². The van der Waals surface area contributed by atoms with Crippen LogP contribution in [-0.2, 0) is 0 Å². The van der Waals surface area contributed by atoms with Crippen LogP contribution in [0, 0.1) is 12.7 Å². The molecule has 2 aromatic carbocycles. The van der Waals surface area contributed by atoms with Gasteiger partial charge in [0.2, 0.25) is 0 Å². The fourth-order valence-corrected chi connectivity index (χ4v) is 2.51. The fourth-order valence-electron chi connectivity index (χ4n) is 1.62. The average molecular weight is 375 g/mol. The average Bonchev–Trinajstić information content (AvgIpc) is 2.35. The van der Waals surface area contributed by atoms with Crippen molar-refractivity contribution in [3.63, 3.8) is 0 Å². The van der Waals surface area contributed by atoms with Crippen LogP contribution in [0.1, 0.15) is 11.1 Å². The molecule has 0 aliphatic carbocycles. The standard InChI is InChI=1S/C14H10BrClFNOS/c1-7-2-3-8(14(18)20)12(4-7)19-13-6-11(17)10(16)5-9(13)15/h2-6H,1H3,(H2,18,20). The molecule has 20 heavy (non-hydrogen) atoms. The Morgan fingerprint density at radius 3 is 2.65 bits per heavy atom. The molecule has 0 saturated carbocycles. The third-order valence-corrected chi connectivity index (χ3v) is 3.73. The number of hydrogen-bond donors (Lipinski definition) is 1. The lowest BCUT2D eigenvalue weighted by molar-refractivity contribution is 0.472. The summed E-state index contributed by atoms with van der Waals surface area (Å²) in [7, 11) is 0. The maximum absolute atomic E-state index is 13.5. The van der Waals surface area contributed by atoms with Crippen molar-refractivity contribution in [2.75, 3.05) is 0 Å². The molecule has 0 saturated heterocycles. The SMILES string of the molecule is Cc1ccc(C(N)=S)c(Oc2cc(F)c(Cl)cc2Br)c1. The van der Waals surface area contributed by atoms with Gasteiger partial charge in [0, 0.05) is 6.07 Å². The van der Waals surface area contributed by atoms with E-state index in [1.54, 1.807) is 12.1 Å². The zero-order valence-corrected chi connectivity index (χ0v) is 13.6. The number of aryl methyl sites for hydroxylation is 1. The number of nitrogens with two attached hydrogens (primary N) is 1. The van der Waals surface area contributed by atoms with Crippen molar-refractivity contribution in [1.29, 1.82) is 0 Å². The van der Waals surface area contributed by atoms with Crippen LogP contribution in [0.2, 0.25) is 5.02 Å². The maximum atomic E-state index is 13.5. The van der Waals surface area contributed by atoms with E-state index in [2.05, 4.69) is 15.9 Å². The van der Waals surface area contributed by atoms with E-state index in [0.29, 0.717) is 21.5 Å². The highest BCUT2D eigenvalue weighted by atomic mass is 79.9. The van der Waals surface area contributed by atoms with E-state index in [-0.39, 0.29) is 10.0 Å². The first-order valence-electron chi connectivity index (χ1n) is 5.61. The summed E-state index contributed by atoms with van der Waals surface area (Å²) in [6.07, 6.45) is 0. The Morgan fingerprint density at radius 2 is 2.00 bits per heavy atom. The van der Waals surface area contributed by atoms with E-state index in [0.717, 1.165) is 5.56 Å². The molecule has 2 nitrogen and oxygen atoms in total. The van der Waals surface area contributed by atoms with Gasteiger partial charge in [-0.1, -0.05) is 29.9 Å². The predicted molar refractivity (Wildman–Crippen MR) is 86.3 cm³/mol. The number of halogens is 3. The van der Waals surface area contributed by atoms with Gasteiger partial charge in [-0.2, -0.15) is 0 Å². The summed E-state index contributed by atoms with van der Waals surface area (Å²) < 4.78 is 19.8. The van der Waals surface area contributed by atoms with E-state index in [9.17, 15) is 4.39 Å². The normalized spacial score (nSPS) is 10.4. The molecule has 0 unspecified atom stereocenters. The Bertz CT molecular complexity index is 693. The monoisotopic (exact) mass is 373 g/mol. The molecule has 0 heterocycles. The number of ether oxygens (including phenoxy) is 1. The second kappa shape index (κ2) is 6.08. The van der Waals surface area contributed by atoms with Crippen molar-refractivity contribution < 1.29 is 9.13 Å². The van der Waals surface area contributed by atoms with E-state index in [4.69, 9.17) is 34.3 Å². The maximum Gasteiger partial charge on any atom is 0.145 e. The van der Waals surface area contributed by atoms with Gasteiger partial charge in [-0.25, -0.2) is 4.39 Å². The first-order chi connectivity index (χ1) is 9.38.